The number of aryl methyl sites for hydroxylation is 1. The molecule has 0 unspecified atom stereocenters. The summed E-state index contributed by atoms with van der Waals surface area (Å²) in [6.45, 7) is 8.95. The SMILES string of the molecule is Cc1cccc(-c2ccc(-c3ccccc3C(C)(C)C)cc2)c1. The van der Waals surface area contributed by atoms with E-state index in [2.05, 4.69) is 100 Å². The predicted octanol–water partition coefficient (Wildman–Crippen LogP) is 6.63. The van der Waals surface area contributed by atoms with E-state index in [4.69, 9.17) is 0 Å². The highest BCUT2D eigenvalue weighted by molar-refractivity contribution is 5.73. The smallest absolute Gasteiger partial charge is 0.0126 e. The lowest BCUT2D eigenvalue weighted by Gasteiger charge is -2.23. The van der Waals surface area contributed by atoms with Crippen molar-refractivity contribution in [2.45, 2.75) is 33.1 Å². The summed E-state index contributed by atoms with van der Waals surface area (Å²) < 4.78 is 0. The van der Waals surface area contributed by atoms with Crippen molar-refractivity contribution in [1.82, 2.24) is 0 Å². The lowest BCUT2D eigenvalue weighted by Crippen LogP contribution is -2.12. The average molecular weight is 300 g/mol. The minimum Gasteiger partial charge on any atom is -0.0619 e. The topological polar surface area (TPSA) is 0 Å². The van der Waals surface area contributed by atoms with Crippen LogP contribution >= 0.6 is 0 Å². The third-order valence-electron chi connectivity index (χ3n) is 4.28. The monoisotopic (exact) mass is 300 g/mol. The Kier molecular flexibility index (Phi) is 4.09. The van der Waals surface area contributed by atoms with Crippen LogP contribution in [0.1, 0.15) is 31.9 Å². The summed E-state index contributed by atoms with van der Waals surface area (Å²) in [5.41, 5.74) is 7.99. The molecular weight excluding hydrogens is 276 g/mol. The molecule has 0 radical (unpaired) electrons. The van der Waals surface area contributed by atoms with E-state index < -0.39 is 0 Å². The zero-order chi connectivity index (χ0) is 16.4. The largest absolute Gasteiger partial charge is 0.0619 e. The number of hydrogen-bond donors (Lipinski definition) is 0. The quantitative estimate of drug-likeness (QED) is 0.498. The fourth-order valence-electron chi connectivity index (χ4n) is 3.06. The molecule has 0 N–H and O–H groups in total. The minimum absolute atomic E-state index is 0.145. The van der Waals surface area contributed by atoms with Gasteiger partial charge in [0.1, 0.15) is 0 Å². The molecule has 0 heteroatoms. The Hall–Kier alpha value is -2.34. The fraction of sp³-hybridized carbons (Fsp3) is 0.217. The third kappa shape index (κ3) is 3.37. The molecule has 3 rings (SSSR count). The van der Waals surface area contributed by atoms with Crippen molar-refractivity contribution in [2.75, 3.05) is 0 Å². The van der Waals surface area contributed by atoms with Crippen LogP contribution in [0.2, 0.25) is 0 Å². The maximum Gasteiger partial charge on any atom is -0.0126 e. The van der Waals surface area contributed by atoms with Crippen molar-refractivity contribution < 1.29 is 0 Å². The summed E-state index contributed by atoms with van der Waals surface area (Å²) in [4.78, 5) is 0. The van der Waals surface area contributed by atoms with Gasteiger partial charge in [0.25, 0.3) is 0 Å². The van der Waals surface area contributed by atoms with Gasteiger partial charge < -0.3 is 0 Å². The Balaban J connectivity index is 2.01. The van der Waals surface area contributed by atoms with Gasteiger partial charge in [-0.3, -0.25) is 0 Å². The summed E-state index contributed by atoms with van der Waals surface area (Å²) in [5.74, 6) is 0. The van der Waals surface area contributed by atoms with Gasteiger partial charge in [0, 0.05) is 0 Å². The Morgan fingerprint density at radius 2 is 1.26 bits per heavy atom. The molecule has 3 aromatic carbocycles. The normalized spacial score (nSPS) is 11.5. The van der Waals surface area contributed by atoms with Crippen LogP contribution in [0.25, 0.3) is 22.3 Å². The second kappa shape index (κ2) is 6.04. The molecular formula is C23H24. The molecule has 0 bridgehead atoms. The van der Waals surface area contributed by atoms with Crippen LogP contribution in [-0.4, -0.2) is 0 Å². The predicted molar refractivity (Wildman–Crippen MR) is 101 cm³/mol. The average Bonchev–Trinajstić information content (AvgIpc) is 2.54. The van der Waals surface area contributed by atoms with Gasteiger partial charge in [-0.05, 0) is 40.2 Å². The van der Waals surface area contributed by atoms with E-state index in [-0.39, 0.29) is 5.41 Å². The molecule has 0 nitrogen and oxygen atoms in total. The number of benzene rings is 3. The number of hydrogen-bond acceptors (Lipinski definition) is 0. The second-order valence-electron chi connectivity index (χ2n) is 7.24. The van der Waals surface area contributed by atoms with E-state index in [9.17, 15) is 0 Å². The molecule has 0 amide bonds. The van der Waals surface area contributed by atoms with Crippen molar-refractivity contribution >= 4 is 0 Å². The summed E-state index contributed by atoms with van der Waals surface area (Å²) in [5, 5.41) is 0. The first-order chi connectivity index (χ1) is 10.9. The first kappa shape index (κ1) is 15.6. The molecule has 0 aliphatic rings. The van der Waals surface area contributed by atoms with Crippen LogP contribution in [0.4, 0.5) is 0 Å². The molecule has 0 aliphatic heterocycles. The van der Waals surface area contributed by atoms with Crippen LogP contribution in [0.5, 0.6) is 0 Å². The Morgan fingerprint density at radius 3 is 1.91 bits per heavy atom. The van der Waals surface area contributed by atoms with E-state index in [1.165, 1.54) is 33.4 Å². The van der Waals surface area contributed by atoms with E-state index in [0.29, 0.717) is 0 Å². The van der Waals surface area contributed by atoms with E-state index in [0.717, 1.165) is 0 Å². The Labute approximate surface area is 139 Å². The molecule has 0 aromatic heterocycles. The zero-order valence-corrected chi connectivity index (χ0v) is 14.4. The van der Waals surface area contributed by atoms with Gasteiger partial charge in [0.05, 0.1) is 0 Å². The van der Waals surface area contributed by atoms with E-state index in [1.807, 2.05) is 0 Å². The van der Waals surface area contributed by atoms with Crippen LogP contribution in [-0.2, 0) is 5.41 Å². The van der Waals surface area contributed by atoms with Crippen molar-refractivity contribution in [3.05, 3.63) is 83.9 Å². The first-order valence-corrected chi connectivity index (χ1v) is 8.22. The van der Waals surface area contributed by atoms with Gasteiger partial charge >= 0.3 is 0 Å². The lowest BCUT2D eigenvalue weighted by atomic mass is 9.82. The van der Waals surface area contributed by atoms with Crippen LogP contribution < -0.4 is 0 Å². The van der Waals surface area contributed by atoms with Crippen molar-refractivity contribution in [3.8, 4) is 22.3 Å². The van der Waals surface area contributed by atoms with Gasteiger partial charge in [-0.2, -0.15) is 0 Å². The van der Waals surface area contributed by atoms with Crippen molar-refractivity contribution in [2.24, 2.45) is 0 Å². The maximum absolute atomic E-state index is 2.27. The van der Waals surface area contributed by atoms with Gasteiger partial charge in [-0.1, -0.05) is 99.1 Å². The molecule has 116 valence electrons. The van der Waals surface area contributed by atoms with E-state index in [1.54, 1.807) is 0 Å². The lowest BCUT2D eigenvalue weighted by molar-refractivity contribution is 0.592. The van der Waals surface area contributed by atoms with Gasteiger partial charge in [-0.25, -0.2) is 0 Å². The van der Waals surface area contributed by atoms with E-state index >= 15 is 0 Å². The standard InChI is InChI=1S/C23H24/c1-17-8-7-9-20(16-17)18-12-14-19(15-13-18)21-10-5-6-11-22(21)23(2,3)4/h5-16H,1-4H3. The summed E-state index contributed by atoms with van der Waals surface area (Å²) in [7, 11) is 0. The van der Waals surface area contributed by atoms with Gasteiger partial charge in [0.15, 0.2) is 0 Å². The highest BCUT2D eigenvalue weighted by atomic mass is 14.2. The molecule has 0 spiro atoms. The summed E-state index contributed by atoms with van der Waals surface area (Å²) >= 11 is 0. The van der Waals surface area contributed by atoms with Crippen molar-refractivity contribution in [3.63, 3.8) is 0 Å². The summed E-state index contributed by atoms with van der Waals surface area (Å²) in [6, 6.07) is 26.3. The highest BCUT2D eigenvalue weighted by Gasteiger charge is 2.18. The molecule has 3 aromatic rings. The molecule has 0 saturated carbocycles. The number of rotatable bonds is 2. The molecule has 0 atom stereocenters. The van der Waals surface area contributed by atoms with Crippen LogP contribution in [0.3, 0.4) is 0 Å². The Bertz CT molecular complexity index is 802. The van der Waals surface area contributed by atoms with Gasteiger partial charge in [-0.15, -0.1) is 0 Å². The van der Waals surface area contributed by atoms with Crippen molar-refractivity contribution in [1.29, 1.82) is 0 Å². The minimum atomic E-state index is 0.145. The molecule has 0 saturated heterocycles. The third-order valence-corrected chi connectivity index (χ3v) is 4.28. The summed E-state index contributed by atoms with van der Waals surface area (Å²) in [6.07, 6.45) is 0. The van der Waals surface area contributed by atoms with Crippen LogP contribution in [0.15, 0.2) is 72.8 Å². The Morgan fingerprint density at radius 1 is 0.609 bits per heavy atom. The molecule has 0 heterocycles. The fourth-order valence-corrected chi connectivity index (χ4v) is 3.06. The van der Waals surface area contributed by atoms with Crippen LogP contribution in [0, 0.1) is 6.92 Å². The molecule has 23 heavy (non-hydrogen) atoms. The zero-order valence-electron chi connectivity index (χ0n) is 14.4. The molecule has 0 fully saturated rings. The second-order valence-corrected chi connectivity index (χ2v) is 7.24. The first-order valence-electron chi connectivity index (χ1n) is 8.22. The molecule has 0 aliphatic carbocycles. The maximum atomic E-state index is 2.27. The van der Waals surface area contributed by atoms with Gasteiger partial charge in [0.2, 0.25) is 0 Å². The highest BCUT2D eigenvalue weighted by Crippen LogP contribution is 2.33.